The standard InChI is InChI=1S/C12H14O3/c1-9-2-4-10(5-3-9)14-8-11-6-7-12(13)15-11/h2-5,11H,6-8H2,1H3. The van der Waals surface area contributed by atoms with E-state index in [0.29, 0.717) is 13.0 Å². The molecule has 1 saturated heterocycles. The summed E-state index contributed by atoms with van der Waals surface area (Å²) in [7, 11) is 0. The van der Waals surface area contributed by atoms with E-state index in [1.807, 2.05) is 31.2 Å². The maximum atomic E-state index is 10.8. The summed E-state index contributed by atoms with van der Waals surface area (Å²) in [4.78, 5) is 10.8. The van der Waals surface area contributed by atoms with Crippen LogP contribution in [0.5, 0.6) is 5.75 Å². The molecule has 1 fully saturated rings. The number of hydrogen-bond donors (Lipinski definition) is 0. The lowest BCUT2D eigenvalue weighted by atomic mass is 10.2. The zero-order valence-electron chi connectivity index (χ0n) is 8.73. The van der Waals surface area contributed by atoms with Crippen molar-refractivity contribution in [3.63, 3.8) is 0 Å². The van der Waals surface area contributed by atoms with Crippen LogP contribution in [0.15, 0.2) is 24.3 Å². The Labute approximate surface area is 89.0 Å². The van der Waals surface area contributed by atoms with Crippen LogP contribution in [0.25, 0.3) is 0 Å². The quantitative estimate of drug-likeness (QED) is 0.710. The summed E-state index contributed by atoms with van der Waals surface area (Å²) in [6.07, 6.45) is 1.21. The largest absolute Gasteiger partial charge is 0.490 e. The minimum absolute atomic E-state index is 0.0706. The summed E-state index contributed by atoms with van der Waals surface area (Å²) in [6, 6.07) is 7.84. The highest BCUT2D eigenvalue weighted by Gasteiger charge is 2.23. The van der Waals surface area contributed by atoms with E-state index in [2.05, 4.69) is 0 Å². The minimum Gasteiger partial charge on any atom is -0.490 e. The van der Waals surface area contributed by atoms with Gasteiger partial charge < -0.3 is 9.47 Å². The van der Waals surface area contributed by atoms with Crippen LogP contribution in [0.1, 0.15) is 18.4 Å². The molecule has 80 valence electrons. The molecule has 0 amide bonds. The number of cyclic esters (lactones) is 1. The summed E-state index contributed by atoms with van der Waals surface area (Å²) in [6.45, 7) is 2.48. The van der Waals surface area contributed by atoms with Gasteiger partial charge >= 0.3 is 5.97 Å². The number of esters is 1. The molecule has 0 aliphatic carbocycles. The first-order chi connectivity index (χ1) is 7.24. The number of carbonyl (C=O) groups excluding carboxylic acids is 1. The van der Waals surface area contributed by atoms with Crippen LogP contribution >= 0.6 is 0 Å². The number of ether oxygens (including phenoxy) is 2. The van der Waals surface area contributed by atoms with E-state index < -0.39 is 0 Å². The molecule has 1 unspecified atom stereocenters. The van der Waals surface area contributed by atoms with Gasteiger partial charge in [0, 0.05) is 6.42 Å². The highest BCUT2D eigenvalue weighted by Crippen LogP contribution is 2.17. The minimum atomic E-state index is -0.118. The van der Waals surface area contributed by atoms with Gasteiger partial charge in [-0.25, -0.2) is 0 Å². The molecule has 3 nitrogen and oxygen atoms in total. The van der Waals surface area contributed by atoms with E-state index in [1.165, 1.54) is 5.56 Å². The van der Waals surface area contributed by atoms with Crippen LogP contribution in [0.3, 0.4) is 0 Å². The molecule has 15 heavy (non-hydrogen) atoms. The van der Waals surface area contributed by atoms with Crippen molar-refractivity contribution in [1.82, 2.24) is 0 Å². The lowest BCUT2D eigenvalue weighted by Gasteiger charge is -2.11. The monoisotopic (exact) mass is 206 g/mol. The third kappa shape index (κ3) is 2.72. The van der Waals surface area contributed by atoms with Crippen molar-refractivity contribution in [2.75, 3.05) is 6.61 Å². The van der Waals surface area contributed by atoms with E-state index >= 15 is 0 Å². The Hall–Kier alpha value is -1.51. The predicted molar refractivity (Wildman–Crippen MR) is 55.8 cm³/mol. The van der Waals surface area contributed by atoms with Crippen LogP contribution < -0.4 is 4.74 Å². The summed E-state index contributed by atoms with van der Waals surface area (Å²) in [5, 5.41) is 0. The van der Waals surface area contributed by atoms with Crippen molar-refractivity contribution < 1.29 is 14.3 Å². The molecule has 1 atom stereocenters. The smallest absolute Gasteiger partial charge is 0.306 e. The van der Waals surface area contributed by atoms with Gasteiger partial charge in [0.15, 0.2) is 0 Å². The van der Waals surface area contributed by atoms with Gasteiger partial charge in [-0.1, -0.05) is 17.7 Å². The average Bonchev–Trinajstić information content (AvgIpc) is 2.64. The van der Waals surface area contributed by atoms with Crippen molar-refractivity contribution in [3.05, 3.63) is 29.8 Å². The van der Waals surface area contributed by atoms with Crippen molar-refractivity contribution in [1.29, 1.82) is 0 Å². The Kier molecular flexibility index (Phi) is 2.90. The van der Waals surface area contributed by atoms with Crippen LogP contribution in [0.4, 0.5) is 0 Å². The normalized spacial score (nSPS) is 20.1. The second-order valence-electron chi connectivity index (χ2n) is 3.77. The SMILES string of the molecule is Cc1ccc(OCC2CCC(=O)O2)cc1. The van der Waals surface area contributed by atoms with Gasteiger partial charge in [-0.2, -0.15) is 0 Å². The van der Waals surface area contributed by atoms with E-state index in [1.54, 1.807) is 0 Å². The summed E-state index contributed by atoms with van der Waals surface area (Å²) in [5.41, 5.74) is 1.20. The van der Waals surface area contributed by atoms with E-state index in [-0.39, 0.29) is 12.1 Å². The van der Waals surface area contributed by atoms with Gasteiger partial charge in [0.25, 0.3) is 0 Å². The molecule has 1 aromatic rings. The zero-order chi connectivity index (χ0) is 10.7. The molecule has 0 spiro atoms. The molecule has 0 bridgehead atoms. The Morgan fingerprint density at radius 1 is 1.40 bits per heavy atom. The van der Waals surface area contributed by atoms with Crippen molar-refractivity contribution in [2.45, 2.75) is 25.9 Å². The van der Waals surface area contributed by atoms with Crippen LogP contribution in [-0.2, 0) is 9.53 Å². The molecule has 1 aliphatic heterocycles. The van der Waals surface area contributed by atoms with Gasteiger partial charge in [0.1, 0.15) is 18.5 Å². The number of hydrogen-bond acceptors (Lipinski definition) is 3. The molecule has 1 heterocycles. The van der Waals surface area contributed by atoms with Crippen molar-refractivity contribution in [3.8, 4) is 5.75 Å². The Morgan fingerprint density at radius 3 is 2.73 bits per heavy atom. The first-order valence-electron chi connectivity index (χ1n) is 5.13. The third-order valence-corrected chi connectivity index (χ3v) is 2.43. The lowest BCUT2D eigenvalue weighted by molar-refractivity contribution is -0.142. The van der Waals surface area contributed by atoms with Gasteiger partial charge in [0.2, 0.25) is 0 Å². The molecule has 0 N–H and O–H groups in total. The number of aryl methyl sites for hydroxylation is 1. The zero-order valence-corrected chi connectivity index (χ0v) is 8.73. The average molecular weight is 206 g/mol. The first-order valence-corrected chi connectivity index (χ1v) is 5.13. The van der Waals surface area contributed by atoms with Gasteiger partial charge in [0.05, 0.1) is 0 Å². The topological polar surface area (TPSA) is 35.5 Å². The summed E-state index contributed by atoms with van der Waals surface area (Å²) in [5.74, 6) is 0.705. The molecule has 1 aliphatic rings. The third-order valence-electron chi connectivity index (χ3n) is 2.43. The Bertz CT molecular complexity index is 342. The number of benzene rings is 1. The van der Waals surface area contributed by atoms with E-state index in [0.717, 1.165) is 12.2 Å². The summed E-state index contributed by atoms with van der Waals surface area (Å²) >= 11 is 0. The number of rotatable bonds is 3. The molecule has 0 saturated carbocycles. The second-order valence-corrected chi connectivity index (χ2v) is 3.77. The van der Waals surface area contributed by atoms with Crippen molar-refractivity contribution >= 4 is 5.97 Å². The van der Waals surface area contributed by atoms with Gasteiger partial charge in [-0.05, 0) is 25.5 Å². The molecule has 0 aromatic heterocycles. The Morgan fingerprint density at radius 2 is 2.13 bits per heavy atom. The lowest BCUT2D eigenvalue weighted by Crippen LogP contribution is -2.17. The van der Waals surface area contributed by atoms with Crippen molar-refractivity contribution in [2.24, 2.45) is 0 Å². The highest BCUT2D eigenvalue weighted by atomic mass is 16.6. The molecule has 0 radical (unpaired) electrons. The van der Waals surface area contributed by atoms with E-state index in [4.69, 9.17) is 9.47 Å². The maximum Gasteiger partial charge on any atom is 0.306 e. The highest BCUT2D eigenvalue weighted by molar-refractivity contribution is 5.71. The molecular formula is C12H14O3. The van der Waals surface area contributed by atoms with Gasteiger partial charge in [-0.3, -0.25) is 4.79 Å². The molecule has 1 aromatic carbocycles. The van der Waals surface area contributed by atoms with Gasteiger partial charge in [-0.15, -0.1) is 0 Å². The predicted octanol–water partition coefficient (Wildman–Crippen LogP) is 2.08. The first kappa shape index (κ1) is 10.0. The van der Waals surface area contributed by atoms with Crippen LogP contribution in [0, 0.1) is 6.92 Å². The molecule has 3 heteroatoms. The second kappa shape index (κ2) is 4.34. The fraction of sp³-hybridized carbons (Fsp3) is 0.417. The number of carbonyl (C=O) groups is 1. The molecule has 2 rings (SSSR count). The maximum absolute atomic E-state index is 10.8. The summed E-state index contributed by atoms with van der Waals surface area (Å²) < 4.78 is 10.6. The van der Waals surface area contributed by atoms with Crippen LogP contribution in [-0.4, -0.2) is 18.7 Å². The van der Waals surface area contributed by atoms with E-state index in [9.17, 15) is 4.79 Å². The Balaban J connectivity index is 1.83. The molecular weight excluding hydrogens is 192 g/mol. The fourth-order valence-corrected chi connectivity index (χ4v) is 1.52. The fourth-order valence-electron chi connectivity index (χ4n) is 1.52. The van der Waals surface area contributed by atoms with Crippen LogP contribution in [0.2, 0.25) is 0 Å².